The molecule has 2 bridgehead atoms. The van der Waals surface area contributed by atoms with E-state index in [2.05, 4.69) is 24.5 Å². The molecule has 0 radical (unpaired) electrons. The van der Waals surface area contributed by atoms with Gasteiger partial charge in [-0.15, -0.1) is 0 Å². The van der Waals surface area contributed by atoms with Crippen molar-refractivity contribution in [2.75, 3.05) is 19.6 Å². The Morgan fingerprint density at radius 2 is 1.86 bits per heavy atom. The average Bonchev–Trinajstić information content (AvgIpc) is 3.08. The summed E-state index contributed by atoms with van der Waals surface area (Å²) in [6, 6.07) is 1.38. The van der Waals surface area contributed by atoms with Crippen molar-refractivity contribution in [3.05, 3.63) is 0 Å². The molecule has 0 spiro atoms. The lowest BCUT2D eigenvalue weighted by atomic mass is 9.57. The first-order valence-electron chi connectivity index (χ1n) is 10.7. The summed E-state index contributed by atoms with van der Waals surface area (Å²) in [7, 11) is 0. The third-order valence-corrected chi connectivity index (χ3v) is 7.07. The van der Waals surface area contributed by atoms with Crippen molar-refractivity contribution in [1.82, 2.24) is 15.5 Å². The first-order chi connectivity index (χ1) is 13.3. The predicted molar refractivity (Wildman–Crippen MR) is 104 cm³/mol. The lowest BCUT2D eigenvalue weighted by Gasteiger charge is -2.53. The van der Waals surface area contributed by atoms with E-state index in [1.807, 2.05) is 6.07 Å². The normalized spacial score (nSPS) is 34.5. The summed E-state index contributed by atoms with van der Waals surface area (Å²) in [6.45, 7) is 5.20. The number of likely N-dealkylation sites (tertiary alicyclic amines) is 1. The maximum atomic E-state index is 13.6. The van der Waals surface area contributed by atoms with Crippen LogP contribution in [0.25, 0.3) is 0 Å². The van der Waals surface area contributed by atoms with Gasteiger partial charge in [-0.05, 0) is 50.9 Å². The minimum absolute atomic E-state index is 0.0192. The summed E-state index contributed by atoms with van der Waals surface area (Å²) in [5.41, 5.74) is -0.348. The minimum Gasteiger partial charge on any atom is -0.356 e. The molecule has 156 valence electrons. The maximum absolute atomic E-state index is 13.6. The summed E-state index contributed by atoms with van der Waals surface area (Å²) >= 11 is 0. The summed E-state index contributed by atoms with van der Waals surface area (Å²) in [5.74, 6) is 0.573. The lowest BCUT2D eigenvalue weighted by Crippen LogP contribution is -2.60. The van der Waals surface area contributed by atoms with Gasteiger partial charge in [0.05, 0.1) is 19.2 Å². The highest BCUT2D eigenvalue weighted by molar-refractivity contribution is 5.83. The van der Waals surface area contributed by atoms with Crippen LogP contribution in [0.2, 0.25) is 0 Å². The van der Waals surface area contributed by atoms with E-state index >= 15 is 0 Å². The van der Waals surface area contributed by atoms with Gasteiger partial charge in [-0.1, -0.05) is 13.8 Å². The second-order valence-electron chi connectivity index (χ2n) is 9.38. The van der Waals surface area contributed by atoms with Gasteiger partial charge in [0, 0.05) is 23.9 Å². The van der Waals surface area contributed by atoms with Crippen molar-refractivity contribution >= 4 is 11.8 Å². The number of carbonyl (C=O) groups is 2. The van der Waals surface area contributed by atoms with Gasteiger partial charge in [-0.3, -0.25) is 9.59 Å². The topological polar surface area (TPSA) is 85.2 Å². The lowest BCUT2D eigenvalue weighted by molar-refractivity contribution is -0.139. The largest absolute Gasteiger partial charge is 0.356 e. The quantitative estimate of drug-likeness (QED) is 0.696. The fraction of sp³-hybridized carbons (Fsp3) is 0.857. The fourth-order valence-corrected chi connectivity index (χ4v) is 5.00. The van der Waals surface area contributed by atoms with E-state index in [-0.39, 0.29) is 42.3 Å². The van der Waals surface area contributed by atoms with Crippen molar-refractivity contribution in [2.45, 2.75) is 83.0 Å². The second-order valence-corrected chi connectivity index (χ2v) is 9.38. The zero-order chi connectivity index (χ0) is 20.4. The Balaban J connectivity index is 1.49. The molecule has 4 aliphatic rings. The number of amides is 2. The smallest absolute Gasteiger partial charge is 0.237 e. The molecule has 2 atom stereocenters. The van der Waals surface area contributed by atoms with Crippen LogP contribution in [0.3, 0.4) is 0 Å². The van der Waals surface area contributed by atoms with Crippen LogP contribution >= 0.6 is 0 Å². The van der Waals surface area contributed by atoms with Gasteiger partial charge in [0.25, 0.3) is 0 Å². The van der Waals surface area contributed by atoms with Crippen molar-refractivity contribution in [3.63, 3.8) is 0 Å². The predicted octanol–water partition coefficient (Wildman–Crippen LogP) is 2.29. The number of rotatable bonds is 7. The number of hydrogen-bond acceptors (Lipinski definition) is 4. The molecular formula is C21H33FN4O2. The van der Waals surface area contributed by atoms with E-state index in [9.17, 15) is 14.0 Å². The number of hydrogen-bond donors (Lipinski definition) is 2. The van der Waals surface area contributed by atoms with Gasteiger partial charge in [0.2, 0.25) is 11.8 Å². The number of nitrogens with zero attached hydrogens (tertiary/aromatic N) is 2. The standard InChI is InChI=1S/C21H33FN4O2/c1-15(2)3-10-24-19(28)20-4-7-21(8-5-20,9-6-20)25-13-18(27)26-14-16(22)11-17(26)12-23/h15-17,25H,3-11,13-14H2,1-2H3,(H,24,28)/t16-,17-,20?,21?/m0/s1. The summed E-state index contributed by atoms with van der Waals surface area (Å²) in [6.07, 6.45) is 5.18. The van der Waals surface area contributed by atoms with Crippen molar-refractivity contribution in [3.8, 4) is 6.07 Å². The van der Waals surface area contributed by atoms with E-state index < -0.39 is 12.2 Å². The number of nitriles is 1. The molecule has 2 amide bonds. The van der Waals surface area contributed by atoms with Crippen molar-refractivity contribution in [2.24, 2.45) is 11.3 Å². The van der Waals surface area contributed by atoms with Gasteiger partial charge < -0.3 is 15.5 Å². The molecule has 0 aromatic rings. The number of fused-ring (bicyclic) bond motifs is 3. The number of halogens is 1. The average molecular weight is 393 g/mol. The SMILES string of the molecule is CC(C)CCNC(=O)C12CCC(NCC(=O)N3C[C@@H](F)C[C@H]3C#N)(CC1)CC2. The van der Waals surface area contributed by atoms with E-state index in [1.54, 1.807) is 0 Å². The van der Waals surface area contributed by atoms with Crippen LogP contribution in [0.15, 0.2) is 0 Å². The second kappa shape index (κ2) is 8.36. The number of nitrogens with one attached hydrogen (secondary N) is 2. The molecule has 2 N–H and O–H groups in total. The molecule has 28 heavy (non-hydrogen) atoms. The van der Waals surface area contributed by atoms with E-state index in [4.69, 9.17) is 5.26 Å². The van der Waals surface area contributed by atoms with Crippen LogP contribution in [0, 0.1) is 22.7 Å². The van der Waals surface area contributed by atoms with E-state index in [0.29, 0.717) is 5.92 Å². The molecule has 3 aliphatic carbocycles. The van der Waals surface area contributed by atoms with Crippen LogP contribution in [0.1, 0.15) is 65.2 Å². The fourth-order valence-electron chi connectivity index (χ4n) is 5.00. The van der Waals surface area contributed by atoms with Crippen molar-refractivity contribution in [1.29, 1.82) is 5.26 Å². The Labute approximate surface area is 167 Å². The molecule has 1 aliphatic heterocycles. The van der Waals surface area contributed by atoms with Crippen LogP contribution in [-0.2, 0) is 9.59 Å². The summed E-state index contributed by atoms with van der Waals surface area (Å²) in [4.78, 5) is 26.6. The molecule has 6 nitrogen and oxygen atoms in total. The van der Waals surface area contributed by atoms with Crippen LogP contribution in [0.4, 0.5) is 4.39 Å². The molecule has 0 aromatic carbocycles. The Morgan fingerprint density at radius 3 is 2.43 bits per heavy atom. The van der Waals surface area contributed by atoms with Crippen molar-refractivity contribution < 1.29 is 14.0 Å². The zero-order valence-electron chi connectivity index (χ0n) is 17.1. The van der Waals surface area contributed by atoms with E-state index in [0.717, 1.165) is 51.5 Å². The molecule has 1 saturated heterocycles. The first-order valence-corrected chi connectivity index (χ1v) is 10.7. The molecule has 4 fully saturated rings. The monoisotopic (exact) mass is 392 g/mol. The molecule has 4 rings (SSSR count). The highest BCUT2D eigenvalue weighted by Gasteiger charge is 2.52. The Kier molecular flexibility index (Phi) is 6.28. The molecule has 1 heterocycles. The minimum atomic E-state index is -1.11. The van der Waals surface area contributed by atoms with Gasteiger partial charge in [-0.25, -0.2) is 4.39 Å². The molecule has 0 aromatic heterocycles. The Bertz CT molecular complexity index is 620. The zero-order valence-corrected chi connectivity index (χ0v) is 17.1. The maximum Gasteiger partial charge on any atom is 0.237 e. The first kappa shape index (κ1) is 21.0. The molecular weight excluding hydrogens is 359 g/mol. The van der Waals surface area contributed by atoms with Crippen LogP contribution < -0.4 is 10.6 Å². The third-order valence-electron chi connectivity index (χ3n) is 7.07. The number of alkyl halides is 1. The molecule has 7 heteroatoms. The van der Waals surface area contributed by atoms with Crippen LogP contribution in [-0.4, -0.2) is 54.1 Å². The molecule has 3 saturated carbocycles. The Morgan fingerprint density at radius 1 is 1.21 bits per heavy atom. The summed E-state index contributed by atoms with van der Waals surface area (Å²) in [5, 5.41) is 15.7. The Hall–Kier alpha value is -1.68. The van der Waals surface area contributed by atoms with Gasteiger partial charge in [0.1, 0.15) is 12.2 Å². The molecule has 0 unspecified atom stereocenters. The van der Waals surface area contributed by atoms with Crippen LogP contribution in [0.5, 0.6) is 0 Å². The van der Waals surface area contributed by atoms with Gasteiger partial charge in [-0.2, -0.15) is 5.26 Å². The number of carbonyl (C=O) groups excluding carboxylic acids is 2. The van der Waals surface area contributed by atoms with E-state index in [1.165, 1.54) is 4.90 Å². The summed E-state index contributed by atoms with van der Waals surface area (Å²) < 4.78 is 13.6. The van der Waals surface area contributed by atoms with Gasteiger partial charge >= 0.3 is 0 Å². The third kappa shape index (κ3) is 4.32. The highest BCUT2D eigenvalue weighted by Crippen LogP contribution is 2.52. The van der Waals surface area contributed by atoms with Gasteiger partial charge in [0.15, 0.2) is 0 Å². The highest BCUT2D eigenvalue weighted by atomic mass is 19.1.